The van der Waals surface area contributed by atoms with Crippen molar-refractivity contribution < 1.29 is 14.3 Å². The summed E-state index contributed by atoms with van der Waals surface area (Å²) in [5, 5.41) is 8.75. The van der Waals surface area contributed by atoms with Gasteiger partial charge >= 0.3 is 5.97 Å². The highest BCUT2D eigenvalue weighted by molar-refractivity contribution is 5.71. The molecular weight excluding hydrogens is 161 g/mol. The molecule has 0 aromatic heterocycles. The minimum Gasteiger partial charge on any atom is -0.481 e. The lowest BCUT2D eigenvalue weighted by Crippen LogP contribution is -2.25. The summed E-state index contributed by atoms with van der Waals surface area (Å²) in [4.78, 5) is 12.5. The molecule has 1 aliphatic heterocycles. The molecule has 1 fully saturated rings. The van der Waals surface area contributed by atoms with Crippen molar-refractivity contribution in [3.8, 4) is 0 Å². The third kappa shape index (κ3) is 1.94. The van der Waals surface area contributed by atoms with Crippen LogP contribution < -0.4 is 0 Å². The Bertz CT molecular complexity index is 174. The van der Waals surface area contributed by atoms with Crippen LogP contribution in [0.3, 0.4) is 0 Å². The molecule has 0 bridgehead atoms. The minimum absolute atomic E-state index is 0.147. The maximum absolute atomic E-state index is 11.9. The van der Waals surface area contributed by atoms with E-state index in [1.165, 1.54) is 0 Å². The van der Waals surface area contributed by atoms with E-state index in [0.717, 1.165) is 0 Å². The molecule has 2 atom stereocenters. The average molecular weight is 175 g/mol. The molecule has 0 aliphatic carbocycles. The topological polar surface area (TPSA) is 40.5 Å². The van der Waals surface area contributed by atoms with Gasteiger partial charge in [-0.25, -0.2) is 4.39 Å². The van der Waals surface area contributed by atoms with Crippen LogP contribution in [0.25, 0.3) is 0 Å². The molecule has 0 spiro atoms. The van der Waals surface area contributed by atoms with Crippen molar-refractivity contribution in [2.75, 3.05) is 26.3 Å². The molecule has 1 heterocycles. The van der Waals surface area contributed by atoms with E-state index in [0.29, 0.717) is 19.6 Å². The zero-order valence-electron chi connectivity index (χ0n) is 7.16. The van der Waals surface area contributed by atoms with Crippen molar-refractivity contribution in [3.63, 3.8) is 0 Å². The van der Waals surface area contributed by atoms with Crippen LogP contribution in [0.1, 0.15) is 6.92 Å². The van der Waals surface area contributed by atoms with Crippen molar-refractivity contribution in [2.24, 2.45) is 11.8 Å². The van der Waals surface area contributed by atoms with Gasteiger partial charge in [0.25, 0.3) is 0 Å². The molecule has 1 saturated heterocycles. The highest BCUT2D eigenvalue weighted by Gasteiger charge is 2.34. The molecule has 0 aromatic carbocycles. The molecule has 70 valence electrons. The van der Waals surface area contributed by atoms with E-state index < -0.39 is 5.97 Å². The molecule has 0 unspecified atom stereocenters. The number of carboxylic acid groups (broad SMARTS) is 1. The molecule has 1 aliphatic rings. The Morgan fingerprint density at radius 2 is 2.33 bits per heavy atom. The van der Waals surface area contributed by atoms with Gasteiger partial charge in [0.1, 0.15) is 6.67 Å². The largest absolute Gasteiger partial charge is 0.481 e. The first-order valence-corrected chi connectivity index (χ1v) is 4.16. The Hall–Kier alpha value is -0.640. The summed E-state index contributed by atoms with van der Waals surface area (Å²) in [7, 11) is 0. The van der Waals surface area contributed by atoms with Crippen molar-refractivity contribution in [3.05, 3.63) is 0 Å². The summed E-state index contributed by atoms with van der Waals surface area (Å²) in [5.41, 5.74) is 0. The molecule has 0 aromatic rings. The zero-order chi connectivity index (χ0) is 9.14. The highest BCUT2D eigenvalue weighted by atomic mass is 19.1. The van der Waals surface area contributed by atoms with Gasteiger partial charge in [0.15, 0.2) is 0 Å². The number of hydrogen-bond donors (Lipinski definition) is 1. The van der Waals surface area contributed by atoms with E-state index in [1.54, 1.807) is 0 Å². The Morgan fingerprint density at radius 3 is 2.75 bits per heavy atom. The Kier molecular flexibility index (Phi) is 3.03. The predicted molar refractivity (Wildman–Crippen MR) is 42.7 cm³/mol. The van der Waals surface area contributed by atoms with Gasteiger partial charge in [-0.2, -0.15) is 0 Å². The normalized spacial score (nSPS) is 30.8. The van der Waals surface area contributed by atoms with Crippen LogP contribution in [0, 0.1) is 11.8 Å². The molecule has 0 saturated carbocycles. The number of hydrogen-bond acceptors (Lipinski definition) is 2. The molecule has 0 amide bonds. The maximum atomic E-state index is 11.9. The maximum Gasteiger partial charge on any atom is 0.308 e. The van der Waals surface area contributed by atoms with E-state index in [2.05, 4.69) is 0 Å². The summed E-state index contributed by atoms with van der Waals surface area (Å²) in [5.74, 6) is -0.922. The number of alkyl halides is 1. The summed E-state index contributed by atoms with van der Waals surface area (Å²) in [6.07, 6.45) is 0. The zero-order valence-corrected chi connectivity index (χ0v) is 7.16. The number of halogens is 1. The summed E-state index contributed by atoms with van der Waals surface area (Å²) >= 11 is 0. The second kappa shape index (κ2) is 3.85. The quantitative estimate of drug-likeness (QED) is 0.683. The lowest BCUT2D eigenvalue weighted by molar-refractivity contribution is -0.142. The third-order valence-electron chi connectivity index (χ3n) is 2.41. The predicted octanol–water partition coefficient (Wildman–Crippen LogP) is 0.608. The fourth-order valence-electron chi connectivity index (χ4n) is 1.69. The van der Waals surface area contributed by atoms with Gasteiger partial charge in [-0.05, 0) is 5.92 Å². The van der Waals surface area contributed by atoms with Gasteiger partial charge < -0.3 is 5.11 Å². The van der Waals surface area contributed by atoms with Crippen molar-refractivity contribution in [2.45, 2.75) is 6.92 Å². The molecule has 12 heavy (non-hydrogen) atoms. The van der Waals surface area contributed by atoms with Crippen LogP contribution in [0.15, 0.2) is 0 Å². The molecule has 0 radical (unpaired) electrons. The van der Waals surface area contributed by atoms with Gasteiger partial charge in [-0.3, -0.25) is 9.69 Å². The summed E-state index contributed by atoms with van der Waals surface area (Å²) in [6, 6.07) is 0. The third-order valence-corrected chi connectivity index (χ3v) is 2.41. The monoisotopic (exact) mass is 175 g/mol. The van der Waals surface area contributed by atoms with E-state index in [4.69, 9.17) is 5.11 Å². The van der Waals surface area contributed by atoms with Gasteiger partial charge in [0.05, 0.1) is 5.92 Å². The van der Waals surface area contributed by atoms with Crippen LogP contribution in [-0.2, 0) is 4.79 Å². The van der Waals surface area contributed by atoms with Crippen LogP contribution in [0.5, 0.6) is 0 Å². The van der Waals surface area contributed by atoms with Gasteiger partial charge in [0.2, 0.25) is 0 Å². The van der Waals surface area contributed by atoms with E-state index >= 15 is 0 Å². The second-order valence-electron chi connectivity index (χ2n) is 3.37. The van der Waals surface area contributed by atoms with Crippen LogP contribution in [-0.4, -0.2) is 42.3 Å². The number of nitrogens with zero attached hydrogens (tertiary/aromatic N) is 1. The average Bonchev–Trinajstić information content (AvgIpc) is 2.32. The Labute approximate surface area is 71.2 Å². The molecule has 1 N–H and O–H groups in total. The lowest BCUT2D eigenvalue weighted by Gasteiger charge is -2.11. The fraction of sp³-hybridized carbons (Fsp3) is 0.875. The van der Waals surface area contributed by atoms with Crippen molar-refractivity contribution >= 4 is 5.97 Å². The first kappa shape index (κ1) is 9.45. The minimum atomic E-state index is -0.760. The summed E-state index contributed by atoms with van der Waals surface area (Å²) < 4.78 is 11.9. The van der Waals surface area contributed by atoms with Crippen LogP contribution >= 0.6 is 0 Å². The van der Waals surface area contributed by atoms with Gasteiger partial charge in [-0.15, -0.1) is 0 Å². The Balaban J connectivity index is 2.44. The standard InChI is InChI=1S/C8H14FNO2/c1-6-4-10(3-2-9)5-7(6)8(11)12/h6-7H,2-5H2,1H3,(H,11,12)/t6-,7-/m1/s1. The first-order chi connectivity index (χ1) is 5.65. The molecule has 3 nitrogen and oxygen atoms in total. The van der Waals surface area contributed by atoms with E-state index in [-0.39, 0.29) is 18.5 Å². The first-order valence-electron chi connectivity index (χ1n) is 4.16. The highest BCUT2D eigenvalue weighted by Crippen LogP contribution is 2.22. The van der Waals surface area contributed by atoms with Gasteiger partial charge in [-0.1, -0.05) is 6.92 Å². The number of carbonyl (C=O) groups is 1. The smallest absolute Gasteiger partial charge is 0.308 e. The van der Waals surface area contributed by atoms with Gasteiger partial charge in [0, 0.05) is 19.6 Å². The molecule has 1 rings (SSSR count). The number of carboxylic acids is 1. The van der Waals surface area contributed by atoms with Crippen molar-refractivity contribution in [1.29, 1.82) is 0 Å². The van der Waals surface area contributed by atoms with E-state index in [9.17, 15) is 9.18 Å². The lowest BCUT2D eigenvalue weighted by atomic mass is 9.99. The molecule has 4 heteroatoms. The number of likely N-dealkylation sites (tertiary alicyclic amines) is 1. The van der Waals surface area contributed by atoms with E-state index in [1.807, 2.05) is 11.8 Å². The molecular formula is C8H14FNO2. The Morgan fingerprint density at radius 1 is 1.67 bits per heavy atom. The fourth-order valence-corrected chi connectivity index (χ4v) is 1.69. The number of rotatable bonds is 3. The SMILES string of the molecule is C[C@@H]1CN(CCF)C[C@H]1C(=O)O. The number of aliphatic carboxylic acids is 1. The van der Waals surface area contributed by atoms with Crippen LogP contribution in [0.4, 0.5) is 4.39 Å². The summed E-state index contributed by atoms with van der Waals surface area (Å²) in [6.45, 7) is 3.09. The second-order valence-corrected chi connectivity index (χ2v) is 3.37. The van der Waals surface area contributed by atoms with Crippen molar-refractivity contribution in [1.82, 2.24) is 4.90 Å². The van der Waals surface area contributed by atoms with Crippen LogP contribution in [0.2, 0.25) is 0 Å².